The molecule has 0 heterocycles. The Morgan fingerprint density at radius 3 is 2.03 bits per heavy atom. The van der Waals surface area contributed by atoms with Gasteiger partial charge in [0.1, 0.15) is 5.75 Å². The van der Waals surface area contributed by atoms with E-state index in [9.17, 15) is 35.8 Å². The van der Waals surface area contributed by atoms with Crippen LogP contribution in [0.1, 0.15) is 19.4 Å². The van der Waals surface area contributed by atoms with Crippen LogP contribution in [-0.2, 0) is 6.54 Å². The molecule has 0 bridgehead atoms. The zero-order valence-corrected chi connectivity index (χ0v) is 19.5. The summed E-state index contributed by atoms with van der Waals surface area (Å²) in [6, 6.07) is 20.3. The minimum Gasteiger partial charge on any atom is -0.428 e. The second-order valence-corrected chi connectivity index (χ2v) is 7.47. The average molecular weight is 517 g/mol. The van der Waals surface area contributed by atoms with E-state index in [0.29, 0.717) is 11.3 Å². The number of anilines is 1. The molecule has 0 saturated heterocycles. The zero-order chi connectivity index (χ0) is 26.9. The van der Waals surface area contributed by atoms with E-state index in [1.54, 1.807) is 36.4 Å². The Balaban J connectivity index is 0.00000222. The Bertz CT molecular complexity index is 1080. The largest absolute Gasteiger partial charge is 0.461 e. The maximum Gasteiger partial charge on any atom is 0.461 e. The van der Waals surface area contributed by atoms with Gasteiger partial charge in [0.05, 0.1) is 6.54 Å². The first-order valence-corrected chi connectivity index (χ1v) is 11.0. The van der Waals surface area contributed by atoms with Gasteiger partial charge in [0.2, 0.25) is 0 Å². The van der Waals surface area contributed by atoms with Crippen molar-refractivity contribution < 1.29 is 40.6 Å². The molecule has 10 heteroatoms. The third-order valence-corrected chi connectivity index (χ3v) is 4.87. The van der Waals surface area contributed by atoms with Crippen LogP contribution in [0.5, 0.6) is 5.75 Å². The number of alkyl halides is 7. The number of rotatable bonds is 9. The fourth-order valence-corrected chi connectivity index (χ4v) is 3.22. The van der Waals surface area contributed by atoms with Crippen LogP contribution in [0, 0.1) is 0 Å². The number of aliphatic hydroxyl groups is 1. The third kappa shape index (κ3) is 8.15. The minimum atomic E-state index is -4.89. The molecule has 0 aliphatic heterocycles. The first-order chi connectivity index (χ1) is 17.0. The van der Waals surface area contributed by atoms with Gasteiger partial charge in [0.15, 0.2) is 6.10 Å². The van der Waals surface area contributed by atoms with Gasteiger partial charge in [-0.15, -0.1) is 0 Å². The smallest absolute Gasteiger partial charge is 0.428 e. The van der Waals surface area contributed by atoms with Crippen LogP contribution >= 0.6 is 0 Å². The fraction of sp³-hybridized carbons (Fsp3) is 0.308. The van der Waals surface area contributed by atoms with Gasteiger partial charge in [-0.1, -0.05) is 68.4 Å². The van der Waals surface area contributed by atoms with E-state index in [2.05, 4.69) is 4.74 Å². The first-order valence-electron chi connectivity index (χ1n) is 11.0. The molecular formula is C26H26F7NO2. The van der Waals surface area contributed by atoms with Crippen molar-refractivity contribution in [3.63, 3.8) is 0 Å². The highest BCUT2D eigenvalue weighted by molar-refractivity contribution is 5.68. The lowest BCUT2D eigenvalue weighted by Gasteiger charge is -2.29. The number of halogens is 7. The summed E-state index contributed by atoms with van der Waals surface area (Å²) >= 11 is 0. The minimum absolute atomic E-state index is 0.210. The third-order valence-electron chi connectivity index (χ3n) is 4.87. The summed E-state index contributed by atoms with van der Waals surface area (Å²) < 4.78 is 94.7. The van der Waals surface area contributed by atoms with E-state index in [4.69, 9.17) is 0 Å². The second-order valence-electron chi connectivity index (χ2n) is 7.47. The quantitative estimate of drug-likeness (QED) is 0.298. The van der Waals surface area contributed by atoms with Crippen LogP contribution in [0.4, 0.5) is 36.4 Å². The number of hydrogen-bond acceptors (Lipinski definition) is 3. The van der Waals surface area contributed by atoms with Crippen LogP contribution in [0.25, 0.3) is 11.1 Å². The molecule has 0 spiro atoms. The molecule has 1 unspecified atom stereocenters. The maximum atomic E-state index is 13.3. The van der Waals surface area contributed by atoms with Crippen LogP contribution in [0.3, 0.4) is 0 Å². The van der Waals surface area contributed by atoms with Gasteiger partial charge < -0.3 is 14.7 Å². The normalized spacial score (nSPS) is 12.5. The Morgan fingerprint density at radius 1 is 0.806 bits per heavy atom. The summed E-state index contributed by atoms with van der Waals surface area (Å²) in [5.41, 5.74) is 2.06. The molecule has 36 heavy (non-hydrogen) atoms. The molecule has 0 aromatic heterocycles. The molecule has 1 N–H and O–H groups in total. The summed E-state index contributed by atoms with van der Waals surface area (Å²) in [5.74, 6) is -0.572. The van der Waals surface area contributed by atoms with Gasteiger partial charge in [-0.25, -0.2) is 0 Å². The van der Waals surface area contributed by atoms with E-state index < -0.39 is 37.1 Å². The molecular weight excluding hydrogens is 491 g/mol. The van der Waals surface area contributed by atoms with Crippen molar-refractivity contribution in [2.75, 3.05) is 11.4 Å². The molecule has 0 radical (unpaired) electrons. The number of hydrogen-bond donors (Lipinski definition) is 1. The van der Waals surface area contributed by atoms with Gasteiger partial charge in [0.25, 0.3) is 0 Å². The fourth-order valence-electron chi connectivity index (χ4n) is 3.22. The van der Waals surface area contributed by atoms with Gasteiger partial charge in [-0.3, -0.25) is 0 Å². The summed E-state index contributed by atoms with van der Waals surface area (Å²) in [4.78, 5) is 1.22. The summed E-state index contributed by atoms with van der Waals surface area (Å²) in [6.45, 7) is 2.91. The van der Waals surface area contributed by atoms with Crippen LogP contribution in [-0.4, -0.2) is 36.5 Å². The van der Waals surface area contributed by atoms with E-state index in [1.807, 2.05) is 32.0 Å². The van der Waals surface area contributed by atoms with E-state index >= 15 is 0 Å². The van der Waals surface area contributed by atoms with E-state index in [1.165, 1.54) is 17.0 Å². The van der Waals surface area contributed by atoms with Gasteiger partial charge in [0, 0.05) is 12.2 Å². The summed E-state index contributed by atoms with van der Waals surface area (Å²) in [5, 5.41) is 9.68. The van der Waals surface area contributed by atoms with Crippen molar-refractivity contribution >= 4 is 5.69 Å². The monoisotopic (exact) mass is 517 g/mol. The van der Waals surface area contributed by atoms with E-state index in [0.717, 1.165) is 17.7 Å². The predicted molar refractivity (Wildman–Crippen MR) is 124 cm³/mol. The molecule has 3 nitrogen and oxygen atoms in total. The number of ether oxygens (including phenoxy) is 1. The molecule has 3 rings (SSSR count). The topological polar surface area (TPSA) is 32.7 Å². The van der Waals surface area contributed by atoms with Crippen molar-refractivity contribution in [3.8, 4) is 16.9 Å². The van der Waals surface area contributed by atoms with Gasteiger partial charge in [-0.05, 0) is 41.0 Å². The van der Waals surface area contributed by atoms with Gasteiger partial charge >= 0.3 is 18.7 Å². The van der Waals surface area contributed by atoms with Crippen molar-refractivity contribution in [2.45, 2.75) is 45.2 Å². The molecule has 0 aliphatic rings. The Labute approximate surface area is 204 Å². The van der Waals surface area contributed by atoms with Crippen LogP contribution in [0.2, 0.25) is 0 Å². The van der Waals surface area contributed by atoms with Crippen molar-refractivity contribution in [1.82, 2.24) is 0 Å². The molecule has 1 atom stereocenters. The molecule has 3 aromatic carbocycles. The summed E-state index contributed by atoms with van der Waals surface area (Å²) in [6.07, 6.45) is -16.4. The SMILES string of the molecule is CC.OC(CN(Cc1cccc(OC(F)(F)C(F)F)c1)c1cccc(-c2ccccc2)c1)C(F)(F)F. The lowest BCUT2D eigenvalue weighted by molar-refractivity contribution is -0.253. The van der Waals surface area contributed by atoms with Gasteiger partial charge in [-0.2, -0.15) is 30.7 Å². The van der Waals surface area contributed by atoms with Crippen molar-refractivity contribution in [1.29, 1.82) is 0 Å². The standard InChI is InChI=1S/C24H20F7NO2.C2H6/c25-22(26)24(30,31)34-20-11-4-6-16(12-20)14-32(15-21(33)23(27,28)29)19-10-5-9-18(13-19)17-7-2-1-3-8-17;1-2/h1-13,21-22,33H,14-15H2;1-2H3. The summed E-state index contributed by atoms with van der Waals surface area (Å²) in [7, 11) is 0. The highest BCUT2D eigenvalue weighted by Gasteiger charge is 2.44. The first kappa shape index (κ1) is 29.0. The van der Waals surface area contributed by atoms with Crippen LogP contribution in [0.15, 0.2) is 78.9 Å². The lowest BCUT2D eigenvalue weighted by atomic mass is 10.0. The predicted octanol–water partition coefficient (Wildman–Crippen LogP) is 7.55. The molecule has 0 fully saturated rings. The molecule has 196 valence electrons. The van der Waals surface area contributed by atoms with Crippen LogP contribution < -0.4 is 9.64 Å². The number of aliphatic hydroxyl groups excluding tert-OH is 1. The number of benzene rings is 3. The maximum absolute atomic E-state index is 13.3. The Hall–Kier alpha value is -3.27. The zero-order valence-electron chi connectivity index (χ0n) is 19.5. The Kier molecular flexibility index (Phi) is 10.2. The Morgan fingerprint density at radius 2 is 1.42 bits per heavy atom. The number of nitrogens with zero attached hydrogens (tertiary/aromatic N) is 1. The highest BCUT2D eigenvalue weighted by Crippen LogP contribution is 2.31. The molecule has 0 saturated carbocycles. The molecule has 0 aliphatic carbocycles. The van der Waals surface area contributed by atoms with E-state index in [-0.39, 0.29) is 12.1 Å². The molecule has 3 aromatic rings. The molecule has 0 amide bonds. The van der Waals surface area contributed by atoms with Crippen molar-refractivity contribution in [3.05, 3.63) is 84.4 Å². The van der Waals surface area contributed by atoms with Crippen molar-refractivity contribution in [2.24, 2.45) is 0 Å². The lowest BCUT2D eigenvalue weighted by Crippen LogP contribution is -2.41. The highest BCUT2D eigenvalue weighted by atomic mass is 19.4. The average Bonchev–Trinajstić information content (AvgIpc) is 2.85. The second kappa shape index (κ2) is 12.6.